The molecule has 2 aromatic carbocycles. The molecule has 3 aromatic rings. The minimum atomic E-state index is -0.149. The Hall–Kier alpha value is -3.23. The molecule has 0 saturated carbocycles. The smallest absolute Gasteiger partial charge is 0.224 e. The Morgan fingerprint density at radius 1 is 1.19 bits per heavy atom. The molecule has 8 heteroatoms. The van der Waals surface area contributed by atoms with Crippen molar-refractivity contribution in [3.8, 4) is 0 Å². The highest BCUT2D eigenvalue weighted by atomic mass is 32.2. The molecule has 3 N–H and O–H groups in total. The van der Waals surface area contributed by atoms with E-state index in [4.69, 9.17) is 5.73 Å². The second-order valence-corrected chi connectivity index (χ2v) is 8.48. The fourth-order valence-corrected chi connectivity index (χ4v) is 4.38. The number of aryl methyl sites for hydroxylation is 2. The van der Waals surface area contributed by atoms with Gasteiger partial charge in [-0.15, -0.1) is 0 Å². The molecule has 0 aliphatic carbocycles. The fraction of sp³-hybridized carbons (Fsp3) is 0.250. The van der Waals surface area contributed by atoms with Crippen LogP contribution in [0.2, 0.25) is 0 Å². The molecule has 1 aromatic heterocycles. The van der Waals surface area contributed by atoms with Crippen LogP contribution in [0.15, 0.2) is 53.2 Å². The van der Waals surface area contributed by atoms with Gasteiger partial charge in [-0.05, 0) is 54.9 Å². The summed E-state index contributed by atoms with van der Waals surface area (Å²) >= 11 is 1.03. The lowest BCUT2D eigenvalue weighted by atomic mass is 10.0. The molecule has 0 fully saturated rings. The lowest BCUT2D eigenvalue weighted by Crippen LogP contribution is -2.22. The van der Waals surface area contributed by atoms with Crippen LogP contribution in [0, 0.1) is 13.8 Å². The molecule has 1 heterocycles. The van der Waals surface area contributed by atoms with Gasteiger partial charge in [0.1, 0.15) is 11.6 Å². The number of aliphatic hydroxyl groups excluding tert-OH is 1. The first-order chi connectivity index (χ1) is 15.3. The Kier molecular flexibility index (Phi) is 7.61. The summed E-state index contributed by atoms with van der Waals surface area (Å²) in [5, 5.41) is 11.3. The van der Waals surface area contributed by atoms with Gasteiger partial charge in [0.25, 0.3) is 0 Å². The minimum Gasteiger partial charge on any atom is -0.396 e. The standard InChI is InChI=1S/C24H26N4O3S/c1-15-8-9-21(20-7-5-4-6-19(15)20)24(31)32-22(10-11-29)16(2)28(14-30)13-18-12-26-17(3)27-23(18)25/h4-9,12,14,29H,10-11,13H2,1-3H3,(H2,25,26,27)/b22-16-. The molecule has 0 unspecified atom stereocenters. The number of amides is 1. The molecule has 32 heavy (non-hydrogen) atoms. The first-order valence-electron chi connectivity index (χ1n) is 10.2. The molecular formula is C24H26N4O3S. The third-order valence-corrected chi connectivity index (χ3v) is 6.39. The number of benzene rings is 2. The summed E-state index contributed by atoms with van der Waals surface area (Å²) < 4.78 is 0. The maximum absolute atomic E-state index is 13.2. The van der Waals surface area contributed by atoms with Crippen molar-refractivity contribution in [1.82, 2.24) is 14.9 Å². The topological polar surface area (TPSA) is 109 Å². The van der Waals surface area contributed by atoms with E-state index in [0.29, 0.717) is 39.8 Å². The molecule has 1 amide bonds. The maximum atomic E-state index is 13.2. The van der Waals surface area contributed by atoms with Crippen molar-refractivity contribution >= 4 is 39.9 Å². The van der Waals surface area contributed by atoms with Crippen LogP contribution in [0.1, 0.15) is 40.7 Å². The minimum absolute atomic E-state index is 0.145. The number of aromatic nitrogens is 2. The van der Waals surface area contributed by atoms with Gasteiger partial charge in [0.2, 0.25) is 11.5 Å². The van der Waals surface area contributed by atoms with Gasteiger partial charge in [0, 0.05) is 41.0 Å². The van der Waals surface area contributed by atoms with E-state index in [1.807, 2.05) is 43.3 Å². The molecule has 0 aliphatic heterocycles. The van der Waals surface area contributed by atoms with E-state index in [1.165, 1.54) is 4.90 Å². The van der Waals surface area contributed by atoms with Gasteiger partial charge in [-0.2, -0.15) is 0 Å². The van der Waals surface area contributed by atoms with Crippen LogP contribution in [-0.2, 0) is 11.3 Å². The SMILES string of the molecule is C/C(=C(\CCO)SC(=O)c1ccc(C)c2ccccc12)N(C=O)Cc1cnc(C)nc1N. The molecule has 7 nitrogen and oxygen atoms in total. The zero-order valence-electron chi connectivity index (χ0n) is 18.3. The van der Waals surface area contributed by atoms with E-state index in [9.17, 15) is 14.7 Å². The first kappa shape index (κ1) is 23.4. The number of nitrogens with two attached hydrogens (primary N) is 1. The third-order valence-electron chi connectivity index (χ3n) is 5.24. The largest absolute Gasteiger partial charge is 0.396 e. The summed E-state index contributed by atoms with van der Waals surface area (Å²) in [6.45, 7) is 5.51. The number of carbonyl (C=O) groups is 2. The predicted octanol–water partition coefficient (Wildman–Crippen LogP) is 3.97. The number of carbonyl (C=O) groups excluding carboxylic acids is 2. The first-order valence-corrected chi connectivity index (χ1v) is 11.0. The van der Waals surface area contributed by atoms with E-state index in [2.05, 4.69) is 9.97 Å². The Morgan fingerprint density at radius 3 is 2.56 bits per heavy atom. The number of hydrogen-bond acceptors (Lipinski definition) is 7. The molecule has 3 rings (SSSR count). The number of allylic oxidation sites excluding steroid dienone is 1. The Balaban J connectivity index is 1.92. The number of aliphatic hydroxyl groups is 1. The van der Waals surface area contributed by atoms with Crippen molar-refractivity contribution in [2.75, 3.05) is 12.3 Å². The molecule has 0 radical (unpaired) electrons. The van der Waals surface area contributed by atoms with Gasteiger partial charge in [0.05, 0.1) is 6.54 Å². The quantitative estimate of drug-likeness (QED) is 0.500. The van der Waals surface area contributed by atoms with Crippen molar-refractivity contribution in [1.29, 1.82) is 0 Å². The molecule has 0 aliphatic rings. The molecule has 0 bridgehead atoms. The Morgan fingerprint density at radius 2 is 1.91 bits per heavy atom. The summed E-state index contributed by atoms with van der Waals surface area (Å²) in [4.78, 5) is 35.4. The van der Waals surface area contributed by atoms with Crippen molar-refractivity contribution in [3.63, 3.8) is 0 Å². The average Bonchev–Trinajstić information content (AvgIpc) is 2.78. The van der Waals surface area contributed by atoms with Crippen molar-refractivity contribution in [2.45, 2.75) is 33.7 Å². The Labute approximate surface area is 191 Å². The van der Waals surface area contributed by atoms with Gasteiger partial charge in [-0.25, -0.2) is 9.97 Å². The van der Waals surface area contributed by atoms with E-state index >= 15 is 0 Å². The fourth-order valence-electron chi connectivity index (χ4n) is 3.41. The summed E-state index contributed by atoms with van der Waals surface area (Å²) in [7, 11) is 0. The summed E-state index contributed by atoms with van der Waals surface area (Å²) in [5.74, 6) is 0.847. The number of nitrogen functional groups attached to an aromatic ring is 1. The monoisotopic (exact) mass is 450 g/mol. The number of anilines is 1. The highest BCUT2D eigenvalue weighted by Gasteiger charge is 2.19. The molecule has 0 saturated heterocycles. The van der Waals surface area contributed by atoms with E-state index in [-0.39, 0.29) is 24.7 Å². The van der Waals surface area contributed by atoms with Crippen LogP contribution >= 0.6 is 11.8 Å². The zero-order chi connectivity index (χ0) is 23.3. The van der Waals surface area contributed by atoms with Crippen LogP contribution in [0.25, 0.3) is 10.8 Å². The normalized spacial score (nSPS) is 11.9. The van der Waals surface area contributed by atoms with Gasteiger partial charge >= 0.3 is 0 Å². The predicted molar refractivity (Wildman–Crippen MR) is 128 cm³/mol. The second-order valence-electron chi connectivity index (χ2n) is 7.41. The number of fused-ring (bicyclic) bond motifs is 1. The van der Waals surface area contributed by atoms with Crippen LogP contribution in [0.4, 0.5) is 5.82 Å². The van der Waals surface area contributed by atoms with Gasteiger partial charge in [-0.3, -0.25) is 9.59 Å². The lowest BCUT2D eigenvalue weighted by Gasteiger charge is -2.22. The van der Waals surface area contributed by atoms with Crippen LogP contribution in [-0.4, -0.2) is 38.1 Å². The molecule has 166 valence electrons. The lowest BCUT2D eigenvalue weighted by molar-refractivity contribution is -0.116. The third kappa shape index (κ3) is 5.15. The van der Waals surface area contributed by atoms with Crippen molar-refractivity contribution in [3.05, 3.63) is 75.7 Å². The molecule has 0 spiro atoms. The summed E-state index contributed by atoms with van der Waals surface area (Å²) in [6, 6.07) is 11.5. The summed E-state index contributed by atoms with van der Waals surface area (Å²) in [6.07, 6.45) is 2.51. The van der Waals surface area contributed by atoms with Gasteiger partial charge in [-0.1, -0.05) is 30.3 Å². The zero-order valence-corrected chi connectivity index (χ0v) is 19.1. The number of hydrogen-bond donors (Lipinski definition) is 2. The van der Waals surface area contributed by atoms with Crippen LogP contribution < -0.4 is 5.73 Å². The van der Waals surface area contributed by atoms with Gasteiger partial charge in [0.15, 0.2) is 0 Å². The van der Waals surface area contributed by atoms with E-state index in [1.54, 1.807) is 20.0 Å². The molecular weight excluding hydrogens is 424 g/mol. The van der Waals surface area contributed by atoms with Crippen LogP contribution in [0.3, 0.4) is 0 Å². The van der Waals surface area contributed by atoms with Crippen molar-refractivity contribution in [2.24, 2.45) is 0 Å². The van der Waals surface area contributed by atoms with Crippen LogP contribution in [0.5, 0.6) is 0 Å². The molecule has 0 atom stereocenters. The summed E-state index contributed by atoms with van der Waals surface area (Å²) in [5.41, 5.74) is 8.83. The highest BCUT2D eigenvalue weighted by molar-refractivity contribution is 8.17. The highest BCUT2D eigenvalue weighted by Crippen LogP contribution is 2.32. The second kappa shape index (κ2) is 10.4. The average molecular weight is 451 g/mol. The maximum Gasteiger partial charge on any atom is 0.224 e. The Bertz CT molecular complexity index is 1190. The van der Waals surface area contributed by atoms with E-state index in [0.717, 1.165) is 28.1 Å². The van der Waals surface area contributed by atoms with Crippen molar-refractivity contribution < 1.29 is 14.7 Å². The van der Waals surface area contributed by atoms with E-state index < -0.39 is 0 Å². The van der Waals surface area contributed by atoms with Gasteiger partial charge < -0.3 is 15.7 Å². The number of thioether (sulfide) groups is 1. The number of rotatable bonds is 8. The number of nitrogens with zero attached hydrogens (tertiary/aromatic N) is 3.